The summed E-state index contributed by atoms with van der Waals surface area (Å²) < 4.78 is 0. The van der Waals surface area contributed by atoms with E-state index in [4.69, 9.17) is 4.98 Å². The number of hydrogen-bond donors (Lipinski definition) is 3. The molecule has 29 heavy (non-hydrogen) atoms. The van der Waals surface area contributed by atoms with Crippen LogP contribution in [0.3, 0.4) is 0 Å². The Kier molecular flexibility index (Phi) is 4.62. The Morgan fingerprint density at radius 3 is 2.66 bits per heavy atom. The molecule has 0 aliphatic heterocycles. The molecule has 0 unspecified atom stereocenters. The van der Waals surface area contributed by atoms with Crippen molar-refractivity contribution in [3.8, 4) is 11.3 Å². The summed E-state index contributed by atoms with van der Waals surface area (Å²) in [5.41, 5.74) is 4.12. The van der Waals surface area contributed by atoms with Gasteiger partial charge < -0.3 is 10.6 Å². The molecule has 4 aromatic rings. The van der Waals surface area contributed by atoms with E-state index >= 15 is 0 Å². The van der Waals surface area contributed by atoms with Crippen molar-refractivity contribution in [1.29, 1.82) is 0 Å². The van der Waals surface area contributed by atoms with Crippen LogP contribution in [0.5, 0.6) is 0 Å². The van der Waals surface area contributed by atoms with Crippen LogP contribution in [0, 0.1) is 0 Å². The first-order valence-corrected chi connectivity index (χ1v) is 9.73. The zero-order valence-electron chi connectivity index (χ0n) is 15.8. The maximum atomic E-state index is 4.69. The van der Waals surface area contributed by atoms with Crippen LogP contribution in [-0.4, -0.2) is 25.1 Å². The largest absolute Gasteiger partial charge is 0.350 e. The number of H-pyrrole nitrogens is 1. The summed E-state index contributed by atoms with van der Waals surface area (Å²) in [7, 11) is 0. The number of benzene rings is 1. The van der Waals surface area contributed by atoms with Gasteiger partial charge in [-0.1, -0.05) is 36.4 Å². The van der Waals surface area contributed by atoms with Gasteiger partial charge in [0.2, 0.25) is 5.95 Å². The van der Waals surface area contributed by atoms with E-state index in [-0.39, 0.29) is 0 Å². The standard InChI is InChI=1S/C22H21N7/c1-2-6-16(7-3-1)18-11-20(26-21-12-19(28-29-21)17-8-9-17)27-22(25-18)24-14-15-5-4-10-23-13-15/h1-7,10-13,17H,8-9,14H2,(H3,24,25,26,27,28,29). The van der Waals surface area contributed by atoms with Gasteiger partial charge in [-0.15, -0.1) is 0 Å². The number of aromatic nitrogens is 5. The Morgan fingerprint density at radius 2 is 1.86 bits per heavy atom. The topological polar surface area (TPSA) is 91.4 Å². The first kappa shape index (κ1) is 17.4. The third-order valence-corrected chi connectivity index (χ3v) is 4.84. The molecule has 7 nitrogen and oxygen atoms in total. The predicted octanol–water partition coefficient (Wildman–Crippen LogP) is 4.49. The van der Waals surface area contributed by atoms with Gasteiger partial charge in [0.15, 0.2) is 5.82 Å². The lowest BCUT2D eigenvalue weighted by Gasteiger charge is -2.10. The van der Waals surface area contributed by atoms with E-state index in [2.05, 4.69) is 36.9 Å². The van der Waals surface area contributed by atoms with Crippen LogP contribution in [-0.2, 0) is 6.54 Å². The molecule has 3 N–H and O–H groups in total. The van der Waals surface area contributed by atoms with Gasteiger partial charge in [-0.3, -0.25) is 10.1 Å². The smallest absolute Gasteiger partial charge is 0.225 e. The second-order valence-electron chi connectivity index (χ2n) is 7.15. The van der Waals surface area contributed by atoms with E-state index in [0.717, 1.165) is 22.6 Å². The highest BCUT2D eigenvalue weighted by atomic mass is 15.2. The van der Waals surface area contributed by atoms with Crippen molar-refractivity contribution in [2.45, 2.75) is 25.3 Å². The maximum absolute atomic E-state index is 4.69. The van der Waals surface area contributed by atoms with Crippen molar-refractivity contribution in [1.82, 2.24) is 25.1 Å². The number of nitrogens with zero attached hydrogens (tertiary/aromatic N) is 4. The molecule has 0 amide bonds. The molecule has 1 saturated carbocycles. The van der Waals surface area contributed by atoms with Crippen molar-refractivity contribution < 1.29 is 0 Å². The average Bonchev–Trinajstić information content (AvgIpc) is 3.53. The summed E-state index contributed by atoms with van der Waals surface area (Å²) in [5.74, 6) is 2.64. The van der Waals surface area contributed by atoms with Crippen molar-refractivity contribution in [2.24, 2.45) is 0 Å². The van der Waals surface area contributed by atoms with Gasteiger partial charge in [0.25, 0.3) is 0 Å². The lowest BCUT2D eigenvalue weighted by molar-refractivity contribution is 0.966. The van der Waals surface area contributed by atoms with Gasteiger partial charge >= 0.3 is 0 Å². The Balaban J connectivity index is 1.42. The first-order valence-electron chi connectivity index (χ1n) is 9.73. The van der Waals surface area contributed by atoms with Crippen LogP contribution in [0.15, 0.2) is 67.0 Å². The Morgan fingerprint density at radius 1 is 0.966 bits per heavy atom. The van der Waals surface area contributed by atoms with Crippen LogP contribution in [0.2, 0.25) is 0 Å². The number of pyridine rings is 1. The molecule has 7 heteroatoms. The van der Waals surface area contributed by atoms with Gasteiger partial charge in [-0.05, 0) is 24.5 Å². The zero-order chi connectivity index (χ0) is 19.5. The number of anilines is 3. The summed E-state index contributed by atoms with van der Waals surface area (Å²) in [6.07, 6.45) is 6.06. The molecule has 1 aliphatic rings. The highest BCUT2D eigenvalue weighted by molar-refractivity contribution is 5.66. The Hall–Kier alpha value is -3.74. The number of rotatable bonds is 7. The predicted molar refractivity (Wildman–Crippen MR) is 113 cm³/mol. The van der Waals surface area contributed by atoms with Crippen molar-refractivity contribution >= 4 is 17.6 Å². The van der Waals surface area contributed by atoms with E-state index in [9.17, 15) is 0 Å². The molecule has 0 atom stereocenters. The summed E-state index contributed by atoms with van der Waals surface area (Å²) in [6, 6.07) is 18.0. The molecular formula is C22H21N7. The molecule has 1 aliphatic carbocycles. The summed E-state index contributed by atoms with van der Waals surface area (Å²) in [6.45, 7) is 0.597. The van der Waals surface area contributed by atoms with Gasteiger partial charge in [0, 0.05) is 48.2 Å². The fourth-order valence-corrected chi connectivity index (χ4v) is 3.17. The minimum Gasteiger partial charge on any atom is -0.350 e. The lowest BCUT2D eigenvalue weighted by atomic mass is 10.1. The molecule has 0 bridgehead atoms. The van der Waals surface area contributed by atoms with Crippen LogP contribution < -0.4 is 10.6 Å². The minimum atomic E-state index is 0.552. The second-order valence-corrected chi connectivity index (χ2v) is 7.15. The number of hydrogen-bond acceptors (Lipinski definition) is 6. The zero-order valence-corrected chi connectivity index (χ0v) is 15.8. The average molecular weight is 383 g/mol. The van der Waals surface area contributed by atoms with Crippen LogP contribution in [0.25, 0.3) is 11.3 Å². The van der Waals surface area contributed by atoms with Gasteiger partial charge in [0.1, 0.15) is 5.82 Å². The monoisotopic (exact) mass is 383 g/mol. The van der Waals surface area contributed by atoms with Crippen LogP contribution in [0.1, 0.15) is 30.0 Å². The van der Waals surface area contributed by atoms with Crippen molar-refractivity contribution in [2.75, 3.05) is 10.6 Å². The highest BCUT2D eigenvalue weighted by Gasteiger charge is 2.25. The molecule has 1 fully saturated rings. The summed E-state index contributed by atoms with van der Waals surface area (Å²) in [5, 5.41) is 14.1. The molecule has 1 aromatic carbocycles. The van der Waals surface area contributed by atoms with Gasteiger partial charge in [-0.25, -0.2) is 4.98 Å². The van der Waals surface area contributed by atoms with E-state index in [1.165, 1.54) is 18.5 Å². The third-order valence-electron chi connectivity index (χ3n) is 4.84. The second kappa shape index (κ2) is 7.71. The van der Waals surface area contributed by atoms with Gasteiger partial charge in [0.05, 0.1) is 5.69 Å². The Labute approximate surface area is 168 Å². The SMILES string of the molecule is c1ccc(-c2cc(Nc3cc(C4CC4)[nH]n3)nc(NCc3cccnc3)n2)cc1. The van der Waals surface area contributed by atoms with Crippen LogP contribution in [0.4, 0.5) is 17.6 Å². The van der Waals surface area contributed by atoms with Crippen molar-refractivity contribution in [3.63, 3.8) is 0 Å². The van der Waals surface area contributed by atoms with E-state index in [0.29, 0.717) is 24.2 Å². The molecule has 5 rings (SSSR count). The van der Waals surface area contributed by atoms with E-state index in [1.54, 1.807) is 6.20 Å². The molecule has 0 saturated heterocycles. The summed E-state index contributed by atoms with van der Waals surface area (Å²) >= 11 is 0. The highest BCUT2D eigenvalue weighted by Crippen LogP contribution is 2.39. The quantitative estimate of drug-likeness (QED) is 0.435. The van der Waals surface area contributed by atoms with E-state index in [1.807, 2.05) is 54.7 Å². The van der Waals surface area contributed by atoms with Crippen molar-refractivity contribution in [3.05, 3.63) is 78.2 Å². The lowest BCUT2D eigenvalue weighted by Crippen LogP contribution is -2.06. The summed E-state index contributed by atoms with van der Waals surface area (Å²) in [4.78, 5) is 13.5. The maximum Gasteiger partial charge on any atom is 0.225 e. The van der Waals surface area contributed by atoms with Gasteiger partial charge in [-0.2, -0.15) is 10.1 Å². The fraction of sp³-hybridized carbons (Fsp3) is 0.182. The number of nitrogens with one attached hydrogen (secondary N) is 3. The molecular weight excluding hydrogens is 362 g/mol. The van der Waals surface area contributed by atoms with Crippen LogP contribution >= 0.6 is 0 Å². The first-order chi connectivity index (χ1) is 14.3. The normalized spacial score (nSPS) is 13.2. The molecule has 3 aromatic heterocycles. The molecule has 144 valence electrons. The third kappa shape index (κ3) is 4.24. The Bertz CT molecular complexity index is 1090. The minimum absolute atomic E-state index is 0.552. The molecule has 0 spiro atoms. The number of aromatic amines is 1. The molecule has 0 radical (unpaired) electrons. The van der Waals surface area contributed by atoms with E-state index < -0.39 is 0 Å². The molecule has 3 heterocycles. The fourth-order valence-electron chi connectivity index (χ4n) is 3.17.